The van der Waals surface area contributed by atoms with Gasteiger partial charge in [-0.1, -0.05) is 6.08 Å². The first kappa shape index (κ1) is 17.4. The number of nitrogens with one attached hydrogen (secondary N) is 1. The highest BCUT2D eigenvalue weighted by Gasteiger charge is 2.46. The second kappa shape index (κ2) is 6.98. The van der Waals surface area contributed by atoms with Crippen LogP contribution in [0.1, 0.15) is 11.4 Å². The topological polar surface area (TPSA) is 87.1 Å². The van der Waals surface area contributed by atoms with Crippen LogP contribution >= 0.6 is 0 Å². The maximum absolute atomic E-state index is 12.3. The molecule has 26 heavy (non-hydrogen) atoms. The van der Waals surface area contributed by atoms with E-state index in [2.05, 4.69) is 31.4 Å². The van der Waals surface area contributed by atoms with Crippen molar-refractivity contribution in [3.05, 3.63) is 48.8 Å². The van der Waals surface area contributed by atoms with Gasteiger partial charge in [0.05, 0.1) is 30.8 Å². The predicted octanol–water partition coefficient (Wildman–Crippen LogP) is 0.276. The molecular weight excluding hydrogens is 352 g/mol. The predicted molar refractivity (Wildman–Crippen MR) is 98.1 cm³/mol. The van der Waals surface area contributed by atoms with Crippen molar-refractivity contribution in [2.45, 2.75) is 31.7 Å². The Labute approximate surface area is 153 Å². The summed E-state index contributed by atoms with van der Waals surface area (Å²) in [7, 11) is -3.02. The van der Waals surface area contributed by atoms with E-state index in [1.165, 1.54) is 0 Å². The minimum atomic E-state index is -3.02. The number of aromatic amines is 1. The van der Waals surface area contributed by atoms with Gasteiger partial charge in [0.25, 0.3) is 0 Å². The van der Waals surface area contributed by atoms with Gasteiger partial charge in [-0.3, -0.25) is 14.5 Å². The van der Waals surface area contributed by atoms with Crippen molar-refractivity contribution in [2.75, 3.05) is 24.6 Å². The van der Waals surface area contributed by atoms with Crippen LogP contribution in [0.2, 0.25) is 0 Å². The second-order valence-electron chi connectivity index (χ2n) is 7.05. The van der Waals surface area contributed by atoms with E-state index < -0.39 is 9.84 Å². The molecule has 140 valence electrons. The molecule has 2 aliphatic rings. The molecule has 0 saturated carbocycles. The molecule has 0 radical (unpaired) electrons. The summed E-state index contributed by atoms with van der Waals surface area (Å²) in [4.78, 5) is 12.0. The van der Waals surface area contributed by atoms with Gasteiger partial charge < -0.3 is 4.98 Å². The summed E-state index contributed by atoms with van der Waals surface area (Å²) in [5, 5.41) is 4.33. The van der Waals surface area contributed by atoms with Crippen molar-refractivity contribution < 1.29 is 8.42 Å². The first-order chi connectivity index (χ1) is 12.5. The van der Waals surface area contributed by atoms with E-state index in [9.17, 15) is 8.42 Å². The highest BCUT2D eigenvalue weighted by Crippen LogP contribution is 2.29. The Hall–Kier alpha value is -1.97. The van der Waals surface area contributed by atoms with Crippen molar-refractivity contribution in [3.63, 3.8) is 0 Å². The molecule has 2 aromatic rings. The summed E-state index contributed by atoms with van der Waals surface area (Å²) in [6, 6.07) is 0.0357. The lowest BCUT2D eigenvalue weighted by atomic mass is 10.0. The van der Waals surface area contributed by atoms with Crippen LogP contribution in [-0.2, 0) is 29.5 Å². The second-order valence-corrected chi connectivity index (χ2v) is 9.20. The van der Waals surface area contributed by atoms with Crippen LogP contribution in [0.25, 0.3) is 0 Å². The largest absolute Gasteiger partial charge is 0.348 e. The Bertz CT molecular complexity index is 860. The molecule has 8 nitrogen and oxygen atoms in total. The average molecular weight is 376 g/mol. The lowest BCUT2D eigenvalue weighted by molar-refractivity contribution is 0.0341. The number of nitrogens with zero attached hydrogens (tertiary/aromatic N) is 5. The molecule has 9 heteroatoms. The zero-order valence-electron chi connectivity index (χ0n) is 14.7. The molecule has 4 heterocycles. The third-order valence-corrected chi connectivity index (χ3v) is 6.90. The van der Waals surface area contributed by atoms with Gasteiger partial charge in [-0.25, -0.2) is 13.4 Å². The number of allylic oxidation sites excluding steroid dienone is 1. The SMILES string of the molecule is C=CCn1cc(CN2CCN(Cc3ncc[nH]3)[C@H]3CS(=O)(=O)C[C@H]32)cn1. The summed E-state index contributed by atoms with van der Waals surface area (Å²) in [6.45, 7) is 7.46. The number of rotatable bonds is 6. The maximum Gasteiger partial charge on any atom is 0.153 e. The fourth-order valence-corrected chi connectivity index (χ4v) is 6.06. The molecule has 2 fully saturated rings. The molecule has 0 amide bonds. The Morgan fingerprint density at radius 2 is 1.96 bits per heavy atom. The van der Waals surface area contributed by atoms with Crippen LogP contribution in [0.15, 0.2) is 37.4 Å². The van der Waals surface area contributed by atoms with Gasteiger partial charge in [-0.2, -0.15) is 5.10 Å². The molecule has 0 aromatic carbocycles. The van der Waals surface area contributed by atoms with Crippen molar-refractivity contribution in [1.29, 1.82) is 0 Å². The number of aromatic nitrogens is 4. The van der Waals surface area contributed by atoms with E-state index in [1.54, 1.807) is 12.4 Å². The van der Waals surface area contributed by atoms with Crippen LogP contribution in [0.3, 0.4) is 0 Å². The molecule has 0 bridgehead atoms. The molecule has 2 atom stereocenters. The number of sulfone groups is 1. The molecule has 2 aliphatic heterocycles. The monoisotopic (exact) mass is 376 g/mol. The smallest absolute Gasteiger partial charge is 0.153 e. The number of hydrogen-bond acceptors (Lipinski definition) is 6. The van der Waals surface area contributed by atoms with Crippen LogP contribution < -0.4 is 0 Å². The first-order valence-electron chi connectivity index (χ1n) is 8.83. The van der Waals surface area contributed by atoms with Gasteiger partial charge in [-0.05, 0) is 0 Å². The Morgan fingerprint density at radius 3 is 2.62 bits per heavy atom. The molecule has 4 rings (SSSR count). The number of imidazole rings is 1. The maximum atomic E-state index is 12.3. The van der Waals surface area contributed by atoms with Gasteiger partial charge in [0, 0.05) is 55.9 Å². The summed E-state index contributed by atoms with van der Waals surface area (Å²) >= 11 is 0. The van der Waals surface area contributed by atoms with Crippen LogP contribution in [0.5, 0.6) is 0 Å². The van der Waals surface area contributed by atoms with E-state index >= 15 is 0 Å². The van der Waals surface area contributed by atoms with Gasteiger partial charge in [0.15, 0.2) is 9.84 Å². The minimum Gasteiger partial charge on any atom is -0.348 e. The minimum absolute atomic E-state index is 0.0158. The van der Waals surface area contributed by atoms with Crippen molar-refractivity contribution >= 4 is 9.84 Å². The van der Waals surface area contributed by atoms with E-state index in [4.69, 9.17) is 0 Å². The lowest BCUT2D eigenvalue weighted by Gasteiger charge is -2.43. The summed E-state index contributed by atoms with van der Waals surface area (Å²) in [6.07, 6.45) is 9.21. The Balaban J connectivity index is 1.50. The van der Waals surface area contributed by atoms with Gasteiger partial charge in [-0.15, -0.1) is 6.58 Å². The van der Waals surface area contributed by atoms with Gasteiger partial charge >= 0.3 is 0 Å². The van der Waals surface area contributed by atoms with Crippen LogP contribution in [-0.4, -0.2) is 74.6 Å². The van der Waals surface area contributed by atoms with Crippen molar-refractivity contribution in [1.82, 2.24) is 29.5 Å². The fraction of sp³-hybridized carbons (Fsp3) is 0.529. The van der Waals surface area contributed by atoms with E-state index in [-0.39, 0.29) is 23.6 Å². The average Bonchev–Trinajstić information content (AvgIpc) is 3.30. The zero-order valence-corrected chi connectivity index (χ0v) is 15.5. The zero-order chi connectivity index (χ0) is 18.1. The fourth-order valence-electron chi connectivity index (χ4n) is 4.02. The number of hydrogen-bond donors (Lipinski definition) is 1. The molecular formula is C17H24N6O2S. The normalized spacial score (nSPS) is 26.0. The molecule has 2 saturated heterocycles. The van der Waals surface area contributed by atoms with Crippen LogP contribution in [0.4, 0.5) is 0 Å². The lowest BCUT2D eigenvalue weighted by Crippen LogP contribution is -2.58. The number of piperazine rings is 1. The molecule has 0 spiro atoms. The van der Waals surface area contributed by atoms with E-state index in [1.807, 2.05) is 23.2 Å². The Kier molecular flexibility index (Phi) is 4.68. The highest BCUT2D eigenvalue weighted by atomic mass is 32.2. The third kappa shape index (κ3) is 3.60. The van der Waals surface area contributed by atoms with E-state index in [0.717, 1.165) is 31.0 Å². The summed E-state index contributed by atoms with van der Waals surface area (Å²) in [5.41, 5.74) is 1.11. The molecule has 0 unspecified atom stereocenters. The van der Waals surface area contributed by atoms with E-state index in [0.29, 0.717) is 13.1 Å². The quantitative estimate of drug-likeness (QED) is 0.729. The third-order valence-electron chi connectivity index (χ3n) is 5.20. The van der Waals surface area contributed by atoms with Gasteiger partial charge in [0.2, 0.25) is 0 Å². The molecule has 2 aromatic heterocycles. The first-order valence-corrected chi connectivity index (χ1v) is 10.7. The number of fused-ring (bicyclic) bond motifs is 1. The van der Waals surface area contributed by atoms with Crippen molar-refractivity contribution in [2.24, 2.45) is 0 Å². The van der Waals surface area contributed by atoms with Crippen LogP contribution in [0, 0.1) is 0 Å². The summed E-state index contributed by atoms with van der Waals surface area (Å²) < 4.78 is 26.5. The van der Waals surface area contributed by atoms with Crippen molar-refractivity contribution in [3.8, 4) is 0 Å². The van der Waals surface area contributed by atoms with Gasteiger partial charge in [0.1, 0.15) is 5.82 Å². The highest BCUT2D eigenvalue weighted by molar-refractivity contribution is 7.91. The Morgan fingerprint density at radius 1 is 1.23 bits per heavy atom. The summed E-state index contributed by atoms with van der Waals surface area (Å²) in [5.74, 6) is 1.34. The molecule has 0 aliphatic carbocycles. The molecule has 1 N–H and O–H groups in total. The standard InChI is InChI=1S/C17H24N6O2S/c1-2-5-23-10-14(8-20-23)9-21-6-7-22(11-17-18-3-4-19-17)16-13-26(24,25)12-15(16)21/h2-4,8,10,15-16H,1,5-7,9,11-13H2,(H,18,19)/t15-,16+/m1/s1. The number of H-pyrrole nitrogens is 1.